The fourth-order valence-corrected chi connectivity index (χ4v) is 8.94. The Hall–Kier alpha value is -5.85. The molecule has 50 heavy (non-hydrogen) atoms. The van der Waals surface area contributed by atoms with Gasteiger partial charge in [-0.2, -0.15) is 18.4 Å². The van der Waals surface area contributed by atoms with Crippen molar-refractivity contribution < 1.29 is 21.6 Å². The van der Waals surface area contributed by atoms with Gasteiger partial charge in [-0.3, -0.25) is 0 Å². The van der Waals surface area contributed by atoms with Gasteiger partial charge in [-0.25, -0.2) is 8.42 Å². The van der Waals surface area contributed by atoms with Crippen molar-refractivity contribution in [2.75, 3.05) is 9.80 Å². The molecule has 9 heteroatoms. The third kappa shape index (κ3) is 4.63. The maximum Gasteiger partial charge on any atom is 0.416 e. The van der Waals surface area contributed by atoms with E-state index in [4.69, 9.17) is 0 Å². The molecule has 0 fully saturated rings. The van der Waals surface area contributed by atoms with Gasteiger partial charge in [0.25, 0.3) is 0 Å². The van der Waals surface area contributed by atoms with Crippen molar-refractivity contribution >= 4 is 44.0 Å². The predicted molar refractivity (Wildman–Crippen MR) is 189 cm³/mol. The van der Waals surface area contributed by atoms with E-state index in [1.54, 1.807) is 59.5 Å². The molecule has 246 valence electrons. The summed E-state index contributed by atoms with van der Waals surface area (Å²) in [5, 5.41) is 10.1. The van der Waals surface area contributed by atoms with Crippen molar-refractivity contribution in [1.29, 1.82) is 5.26 Å². The van der Waals surface area contributed by atoms with Crippen LogP contribution >= 0.6 is 0 Å². The number of rotatable bonds is 3. The molecule has 5 nitrogen and oxygen atoms in total. The molecule has 0 unspecified atom stereocenters. The van der Waals surface area contributed by atoms with E-state index in [1.165, 1.54) is 18.2 Å². The van der Waals surface area contributed by atoms with E-state index >= 15 is 0 Å². The summed E-state index contributed by atoms with van der Waals surface area (Å²) in [6, 6.07) is 39.5. The van der Waals surface area contributed by atoms with Crippen LogP contribution in [0.5, 0.6) is 0 Å². The molecule has 6 aromatic carbocycles. The maximum absolute atomic E-state index is 14.6. The number of hydrogen-bond acceptors (Lipinski definition) is 5. The van der Waals surface area contributed by atoms with Crippen LogP contribution < -0.4 is 9.80 Å². The Kier molecular flexibility index (Phi) is 6.97. The van der Waals surface area contributed by atoms with Gasteiger partial charge >= 0.3 is 6.18 Å². The number of hydrogen-bond donors (Lipinski definition) is 0. The molecule has 0 aliphatic carbocycles. The molecule has 0 radical (unpaired) electrons. The fourth-order valence-electron chi connectivity index (χ4n) is 7.31. The zero-order valence-electron chi connectivity index (χ0n) is 26.9. The highest BCUT2D eigenvalue weighted by atomic mass is 32.2. The Morgan fingerprint density at radius 3 is 1.54 bits per heavy atom. The van der Waals surface area contributed by atoms with Crippen LogP contribution in [0.2, 0.25) is 0 Å². The van der Waals surface area contributed by atoms with Crippen molar-refractivity contribution in [3.8, 4) is 17.2 Å². The fraction of sp³-hybridized carbons (Fsp3) is 0.0976. The number of benzene rings is 6. The summed E-state index contributed by atoms with van der Waals surface area (Å²) in [5.41, 5.74) is 4.73. The standard InChI is InChI=1S/C41H28F3N3O2S/c1-40(2)30-11-3-5-13-34(30)46(35-14-6-4-12-31(35)40)33-22-20-27(41(42,43)44)24-29(33)28-23-26(25-45)19-21-32(28)47-36-15-7-9-17-38(36)50(48,49)39-18-10-8-16-37(39)47/h3-24H,1-2H3. The normalized spacial score (nSPS) is 15.3. The van der Waals surface area contributed by atoms with Crippen LogP contribution in [0.4, 0.5) is 47.3 Å². The predicted octanol–water partition coefficient (Wildman–Crippen LogP) is 11.0. The van der Waals surface area contributed by atoms with Gasteiger partial charge in [-0.05, 0) is 83.9 Å². The first-order valence-corrected chi connectivity index (χ1v) is 17.4. The zero-order valence-corrected chi connectivity index (χ0v) is 27.7. The van der Waals surface area contributed by atoms with E-state index in [0.29, 0.717) is 28.3 Å². The van der Waals surface area contributed by atoms with E-state index < -0.39 is 27.0 Å². The van der Waals surface area contributed by atoms with Crippen molar-refractivity contribution in [1.82, 2.24) is 0 Å². The van der Waals surface area contributed by atoms with Crippen LogP contribution in [0.1, 0.15) is 36.1 Å². The molecular weight excluding hydrogens is 656 g/mol. The smallest absolute Gasteiger partial charge is 0.309 e. The lowest BCUT2D eigenvalue weighted by Gasteiger charge is -2.42. The van der Waals surface area contributed by atoms with Crippen LogP contribution in [0.3, 0.4) is 0 Å². The summed E-state index contributed by atoms with van der Waals surface area (Å²) in [7, 11) is -3.91. The number of alkyl halides is 3. The van der Waals surface area contributed by atoms with E-state index in [0.717, 1.165) is 34.6 Å². The first-order chi connectivity index (χ1) is 23.9. The summed E-state index contributed by atoms with van der Waals surface area (Å²) < 4.78 is 71.4. The minimum Gasteiger partial charge on any atom is -0.309 e. The maximum atomic E-state index is 14.6. The number of sulfone groups is 1. The number of para-hydroxylation sites is 4. The van der Waals surface area contributed by atoms with Crippen molar-refractivity contribution in [2.24, 2.45) is 0 Å². The first kappa shape index (κ1) is 31.4. The third-order valence-corrected chi connectivity index (χ3v) is 11.5. The number of halogens is 3. The van der Waals surface area contributed by atoms with Crippen LogP contribution in [0.25, 0.3) is 11.1 Å². The molecule has 0 aromatic heterocycles. The molecule has 0 atom stereocenters. The van der Waals surface area contributed by atoms with E-state index in [2.05, 4.69) is 19.9 Å². The topological polar surface area (TPSA) is 64.4 Å². The van der Waals surface area contributed by atoms with Crippen molar-refractivity contribution in [3.05, 3.63) is 156 Å². The lowest BCUT2D eigenvalue weighted by molar-refractivity contribution is -0.137. The Morgan fingerprint density at radius 1 is 0.580 bits per heavy atom. The molecule has 2 aliphatic rings. The van der Waals surface area contributed by atoms with Gasteiger partial charge in [0.1, 0.15) is 0 Å². The second-order valence-corrected chi connectivity index (χ2v) is 14.7. The van der Waals surface area contributed by atoms with Crippen LogP contribution in [0.15, 0.2) is 143 Å². The van der Waals surface area contributed by atoms with E-state index in [-0.39, 0.29) is 20.9 Å². The van der Waals surface area contributed by atoms with Crippen LogP contribution in [-0.4, -0.2) is 8.42 Å². The first-order valence-electron chi connectivity index (χ1n) is 15.9. The van der Waals surface area contributed by atoms with Gasteiger partial charge in [0, 0.05) is 16.5 Å². The number of fused-ring (bicyclic) bond motifs is 4. The second kappa shape index (κ2) is 11.1. The second-order valence-electron chi connectivity index (χ2n) is 12.8. The summed E-state index contributed by atoms with van der Waals surface area (Å²) >= 11 is 0. The summed E-state index contributed by atoms with van der Waals surface area (Å²) in [6.45, 7) is 4.26. The Labute approximate surface area is 288 Å². The van der Waals surface area contributed by atoms with E-state index in [9.17, 15) is 26.9 Å². The van der Waals surface area contributed by atoms with Crippen molar-refractivity contribution in [2.45, 2.75) is 35.2 Å². The molecular formula is C41H28F3N3O2S. The van der Waals surface area contributed by atoms with Gasteiger partial charge in [0.05, 0.1) is 61.1 Å². The largest absolute Gasteiger partial charge is 0.416 e. The highest BCUT2D eigenvalue weighted by Crippen LogP contribution is 2.56. The lowest BCUT2D eigenvalue weighted by atomic mass is 9.73. The highest BCUT2D eigenvalue weighted by Gasteiger charge is 2.40. The molecule has 0 saturated heterocycles. The molecule has 0 bridgehead atoms. The molecule has 0 amide bonds. The zero-order chi connectivity index (χ0) is 35.0. The lowest BCUT2D eigenvalue weighted by Crippen LogP contribution is -2.30. The van der Waals surface area contributed by atoms with Crippen molar-refractivity contribution in [3.63, 3.8) is 0 Å². The van der Waals surface area contributed by atoms with Crippen LogP contribution in [-0.2, 0) is 21.4 Å². The van der Waals surface area contributed by atoms with E-state index in [1.807, 2.05) is 53.4 Å². The molecule has 6 aromatic rings. The average Bonchev–Trinajstić information content (AvgIpc) is 3.12. The molecule has 0 N–H and O–H groups in total. The molecule has 0 spiro atoms. The Bertz CT molecular complexity index is 2420. The minimum atomic E-state index is -4.67. The summed E-state index contributed by atoms with van der Waals surface area (Å²) in [5.74, 6) is 0. The van der Waals surface area contributed by atoms with Gasteiger partial charge < -0.3 is 9.80 Å². The highest BCUT2D eigenvalue weighted by molar-refractivity contribution is 7.92. The van der Waals surface area contributed by atoms with Gasteiger partial charge in [-0.15, -0.1) is 0 Å². The molecule has 2 aliphatic heterocycles. The minimum absolute atomic E-state index is 0.0689. The number of anilines is 6. The average molecular weight is 684 g/mol. The molecule has 8 rings (SSSR count). The number of nitrogens with zero attached hydrogens (tertiary/aromatic N) is 3. The Morgan fingerprint density at radius 2 is 1.02 bits per heavy atom. The monoisotopic (exact) mass is 683 g/mol. The summed E-state index contributed by atoms with van der Waals surface area (Å²) in [6.07, 6.45) is -4.67. The molecule has 0 saturated carbocycles. The number of nitriles is 1. The van der Waals surface area contributed by atoms with Crippen LogP contribution in [0, 0.1) is 11.3 Å². The van der Waals surface area contributed by atoms with Gasteiger partial charge in [-0.1, -0.05) is 74.5 Å². The molecule has 2 heterocycles. The SMILES string of the molecule is CC1(C)c2ccccc2N(c2ccc(C(F)(F)F)cc2-c2cc(C#N)ccc2N2c3ccccc3S(=O)(=O)c3ccccc32)c2ccccc21. The Balaban J connectivity index is 1.48. The third-order valence-electron chi connectivity index (χ3n) is 9.65. The quantitative estimate of drug-likeness (QED) is 0.185. The summed E-state index contributed by atoms with van der Waals surface area (Å²) in [4.78, 5) is 3.88. The van der Waals surface area contributed by atoms with Gasteiger partial charge in [0.2, 0.25) is 9.84 Å². The van der Waals surface area contributed by atoms with Gasteiger partial charge in [0.15, 0.2) is 0 Å².